The molecule has 0 saturated heterocycles. The van der Waals surface area contributed by atoms with Crippen LogP contribution < -0.4 is 4.74 Å². The van der Waals surface area contributed by atoms with Crippen LogP contribution in [0.3, 0.4) is 0 Å². The van der Waals surface area contributed by atoms with Gasteiger partial charge in [0.15, 0.2) is 0 Å². The van der Waals surface area contributed by atoms with Crippen LogP contribution in [0.5, 0.6) is 5.75 Å². The monoisotopic (exact) mass is 442 g/mol. The normalized spacial score (nSPS) is 11.2. The van der Waals surface area contributed by atoms with Crippen LogP contribution in [0.15, 0.2) is 73.1 Å². The van der Waals surface area contributed by atoms with Gasteiger partial charge in [0.25, 0.3) is 5.91 Å². The maximum absolute atomic E-state index is 13.5. The summed E-state index contributed by atoms with van der Waals surface area (Å²) in [6, 6.07) is 20.2. The molecule has 0 aliphatic heterocycles. The molecule has 0 aliphatic carbocycles. The zero-order chi connectivity index (χ0) is 23.4. The molecule has 2 aromatic carbocycles. The molecular weight excluding hydrogens is 412 g/mol. The summed E-state index contributed by atoms with van der Waals surface area (Å²) in [6.45, 7) is 2.07. The summed E-state index contributed by atoms with van der Waals surface area (Å²) >= 11 is 0. The maximum atomic E-state index is 13.5. The molecular formula is C27H30N4O2. The number of aromatic nitrogens is 2. The van der Waals surface area contributed by atoms with Crippen LogP contribution in [0.1, 0.15) is 16.1 Å². The number of ether oxygens (including phenoxy) is 1. The van der Waals surface area contributed by atoms with E-state index in [1.54, 1.807) is 24.4 Å². The Morgan fingerprint density at radius 1 is 0.970 bits per heavy atom. The van der Waals surface area contributed by atoms with Gasteiger partial charge in [0.2, 0.25) is 0 Å². The van der Waals surface area contributed by atoms with Crippen LogP contribution >= 0.6 is 0 Å². The molecule has 0 N–H and O–H groups in total. The molecule has 0 aliphatic rings. The number of nitrogens with zero attached hydrogens (tertiary/aromatic N) is 4. The molecule has 0 atom stereocenters. The molecule has 4 aromatic rings. The third kappa shape index (κ3) is 5.07. The van der Waals surface area contributed by atoms with Crippen molar-refractivity contribution in [3.05, 3.63) is 84.3 Å². The van der Waals surface area contributed by atoms with Crippen molar-refractivity contribution < 1.29 is 9.53 Å². The Morgan fingerprint density at radius 2 is 1.76 bits per heavy atom. The molecule has 2 heterocycles. The second-order valence-electron chi connectivity index (χ2n) is 8.51. The second-order valence-corrected chi connectivity index (χ2v) is 8.51. The molecule has 170 valence electrons. The maximum Gasteiger partial charge on any atom is 0.270 e. The van der Waals surface area contributed by atoms with Gasteiger partial charge < -0.3 is 19.1 Å². The highest BCUT2D eigenvalue weighted by atomic mass is 16.5. The van der Waals surface area contributed by atoms with Crippen molar-refractivity contribution in [1.82, 2.24) is 19.4 Å². The van der Waals surface area contributed by atoms with Gasteiger partial charge in [-0.25, -0.2) is 0 Å². The third-order valence-corrected chi connectivity index (χ3v) is 5.81. The number of carbonyl (C=O) groups excluding carboxylic acids is 1. The predicted octanol–water partition coefficient (Wildman–Crippen LogP) is 4.55. The first-order valence-electron chi connectivity index (χ1n) is 11.0. The smallest absolute Gasteiger partial charge is 0.270 e. The Bertz CT molecular complexity index is 1250. The molecule has 0 radical (unpaired) electrons. The number of likely N-dealkylation sites (N-methyl/N-ethyl adjacent to an activating group) is 1. The Morgan fingerprint density at radius 3 is 2.48 bits per heavy atom. The predicted molar refractivity (Wildman–Crippen MR) is 133 cm³/mol. The van der Waals surface area contributed by atoms with E-state index >= 15 is 0 Å². The summed E-state index contributed by atoms with van der Waals surface area (Å²) in [4.78, 5) is 21.6. The van der Waals surface area contributed by atoms with Crippen LogP contribution in [-0.4, -0.2) is 60.1 Å². The van der Waals surface area contributed by atoms with Gasteiger partial charge in [-0.1, -0.05) is 24.3 Å². The van der Waals surface area contributed by atoms with Crippen molar-refractivity contribution >= 4 is 16.8 Å². The average Bonchev–Trinajstić information content (AvgIpc) is 3.20. The Kier molecular flexibility index (Phi) is 6.75. The molecule has 0 unspecified atom stereocenters. The van der Waals surface area contributed by atoms with Crippen LogP contribution in [0, 0.1) is 0 Å². The van der Waals surface area contributed by atoms with Crippen LogP contribution in [-0.2, 0) is 13.1 Å². The van der Waals surface area contributed by atoms with Gasteiger partial charge in [-0.3, -0.25) is 9.78 Å². The van der Waals surface area contributed by atoms with Crippen LogP contribution in [0.2, 0.25) is 0 Å². The number of methoxy groups -OCH3 is 1. The van der Waals surface area contributed by atoms with Crippen molar-refractivity contribution in [2.45, 2.75) is 13.1 Å². The lowest BCUT2D eigenvalue weighted by Crippen LogP contribution is -2.29. The second kappa shape index (κ2) is 9.88. The molecule has 6 nitrogen and oxygen atoms in total. The van der Waals surface area contributed by atoms with E-state index in [1.807, 2.05) is 63.6 Å². The van der Waals surface area contributed by atoms with Gasteiger partial charge in [0, 0.05) is 50.0 Å². The van der Waals surface area contributed by atoms with E-state index in [1.165, 1.54) is 0 Å². The van der Waals surface area contributed by atoms with E-state index in [2.05, 4.69) is 32.7 Å². The van der Waals surface area contributed by atoms with E-state index in [0.717, 1.165) is 46.4 Å². The molecule has 0 fully saturated rings. The van der Waals surface area contributed by atoms with Gasteiger partial charge in [-0.05, 0) is 67.2 Å². The van der Waals surface area contributed by atoms with E-state index in [-0.39, 0.29) is 5.91 Å². The molecule has 0 bridgehead atoms. The van der Waals surface area contributed by atoms with E-state index in [4.69, 9.17) is 4.74 Å². The highest BCUT2D eigenvalue weighted by Crippen LogP contribution is 2.28. The SMILES string of the molecule is COc1cccc(CN(C)C(=O)c2cc3ccc(-c4ccncc4)cc3n2CCN(C)C)c1. The molecule has 1 amide bonds. The first-order chi connectivity index (χ1) is 16.0. The van der Waals surface area contributed by atoms with Crippen molar-refractivity contribution in [2.75, 3.05) is 34.8 Å². The van der Waals surface area contributed by atoms with Crippen LogP contribution in [0.25, 0.3) is 22.0 Å². The van der Waals surface area contributed by atoms with Gasteiger partial charge in [0.05, 0.1) is 7.11 Å². The third-order valence-electron chi connectivity index (χ3n) is 5.81. The minimum atomic E-state index is -0.00163. The quantitative estimate of drug-likeness (QED) is 0.402. The zero-order valence-electron chi connectivity index (χ0n) is 19.7. The van der Waals surface area contributed by atoms with E-state index < -0.39 is 0 Å². The first kappa shape index (κ1) is 22.6. The number of carbonyl (C=O) groups is 1. The van der Waals surface area contributed by atoms with E-state index in [0.29, 0.717) is 12.2 Å². The Labute approximate surface area is 195 Å². The molecule has 2 aromatic heterocycles. The lowest BCUT2D eigenvalue weighted by Gasteiger charge is -2.20. The minimum Gasteiger partial charge on any atom is -0.497 e. The number of pyridine rings is 1. The Balaban J connectivity index is 1.70. The van der Waals surface area contributed by atoms with Crippen molar-refractivity contribution in [3.63, 3.8) is 0 Å². The fourth-order valence-corrected chi connectivity index (χ4v) is 4.01. The van der Waals surface area contributed by atoms with Crippen LogP contribution in [0.4, 0.5) is 0 Å². The summed E-state index contributed by atoms with van der Waals surface area (Å²) in [5.74, 6) is 0.787. The fraction of sp³-hybridized carbons (Fsp3) is 0.259. The standard InChI is InChI=1S/C27H30N4O2/c1-29(2)14-15-31-25-17-22(21-10-12-28-13-11-21)8-9-23(25)18-26(31)27(32)30(3)19-20-6-5-7-24(16-20)33-4/h5-13,16-18H,14-15,19H2,1-4H3. The lowest BCUT2D eigenvalue weighted by atomic mass is 10.1. The summed E-state index contributed by atoms with van der Waals surface area (Å²) in [6.07, 6.45) is 3.60. The van der Waals surface area contributed by atoms with Gasteiger partial charge in [0.1, 0.15) is 11.4 Å². The zero-order valence-corrected chi connectivity index (χ0v) is 19.7. The molecule has 0 spiro atoms. The molecule has 33 heavy (non-hydrogen) atoms. The summed E-state index contributed by atoms with van der Waals surface area (Å²) < 4.78 is 7.47. The molecule has 4 rings (SSSR count). The van der Waals surface area contributed by atoms with Crippen molar-refractivity contribution in [3.8, 4) is 16.9 Å². The first-order valence-corrected chi connectivity index (χ1v) is 11.0. The summed E-state index contributed by atoms with van der Waals surface area (Å²) in [5, 5.41) is 1.06. The molecule has 0 saturated carbocycles. The largest absolute Gasteiger partial charge is 0.497 e. The summed E-state index contributed by atoms with van der Waals surface area (Å²) in [5.41, 5.74) is 5.00. The topological polar surface area (TPSA) is 50.6 Å². The highest BCUT2D eigenvalue weighted by molar-refractivity contribution is 5.99. The van der Waals surface area contributed by atoms with Gasteiger partial charge in [-0.2, -0.15) is 0 Å². The number of amides is 1. The number of hydrogen-bond donors (Lipinski definition) is 0. The fourth-order valence-electron chi connectivity index (χ4n) is 4.01. The summed E-state index contributed by atoms with van der Waals surface area (Å²) in [7, 11) is 7.59. The number of rotatable bonds is 8. The lowest BCUT2D eigenvalue weighted by molar-refractivity contribution is 0.0774. The Hall–Kier alpha value is -3.64. The van der Waals surface area contributed by atoms with E-state index in [9.17, 15) is 4.79 Å². The number of fused-ring (bicyclic) bond motifs is 1. The minimum absolute atomic E-state index is 0.00163. The van der Waals surface area contributed by atoms with Crippen molar-refractivity contribution in [2.24, 2.45) is 0 Å². The van der Waals surface area contributed by atoms with Gasteiger partial charge >= 0.3 is 0 Å². The average molecular weight is 443 g/mol. The number of hydrogen-bond acceptors (Lipinski definition) is 4. The molecule has 6 heteroatoms. The van der Waals surface area contributed by atoms with Gasteiger partial charge in [-0.15, -0.1) is 0 Å². The highest BCUT2D eigenvalue weighted by Gasteiger charge is 2.20. The van der Waals surface area contributed by atoms with Crippen molar-refractivity contribution in [1.29, 1.82) is 0 Å². The number of benzene rings is 2.